The van der Waals surface area contributed by atoms with E-state index in [4.69, 9.17) is 11.7 Å². The Labute approximate surface area is 77.0 Å². The maximum Gasteiger partial charge on any atom is 0.233 e. The second kappa shape index (κ2) is 7.51. The van der Waals surface area contributed by atoms with E-state index >= 15 is 0 Å². The summed E-state index contributed by atoms with van der Waals surface area (Å²) in [5.74, 6) is 9.40. The van der Waals surface area contributed by atoms with E-state index in [9.17, 15) is 9.59 Å². The minimum absolute atomic E-state index is 0.178. The molecule has 0 saturated heterocycles. The van der Waals surface area contributed by atoms with Crippen molar-refractivity contribution in [3.05, 3.63) is 0 Å². The van der Waals surface area contributed by atoms with E-state index in [1.165, 1.54) is 0 Å². The summed E-state index contributed by atoms with van der Waals surface area (Å²) in [5, 5.41) is 0. The number of hydrogen-bond acceptors (Lipinski definition) is 4. The van der Waals surface area contributed by atoms with E-state index in [1.54, 1.807) is 0 Å². The lowest BCUT2D eigenvalue weighted by Gasteiger charge is -2.00. The molecule has 0 radical (unpaired) electrons. The average molecular weight is 188 g/mol. The Bertz CT molecular complexity index is 154. The number of carbonyl (C=O) groups is 2. The van der Waals surface area contributed by atoms with Gasteiger partial charge in [0.2, 0.25) is 11.8 Å². The van der Waals surface area contributed by atoms with Crippen LogP contribution in [0.2, 0.25) is 0 Å². The lowest BCUT2D eigenvalue weighted by atomic mass is 10.1. The Hall–Kier alpha value is -1.14. The molecule has 0 heterocycles. The van der Waals surface area contributed by atoms with E-state index in [0.717, 1.165) is 19.3 Å². The molecular weight excluding hydrogens is 172 g/mol. The quantitative estimate of drug-likeness (QED) is 0.184. The van der Waals surface area contributed by atoms with Gasteiger partial charge in [-0.15, -0.1) is 0 Å². The molecule has 0 rings (SSSR count). The zero-order chi connectivity index (χ0) is 10.1. The summed E-state index contributed by atoms with van der Waals surface area (Å²) in [7, 11) is 0. The number of unbranched alkanes of at least 4 members (excludes halogenated alkanes) is 2. The molecule has 0 aliphatic heterocycles. The number of hydrazine groups is 2. The number of amides is 2. The number of hydrogen-bond donors (Lipinski definition) is 4. The van der Waals surface area contributed by atoms with Gasteiger partial charge >= 0.3 is 0 Å². The molecule has 0 atom stereocenters. The highest BCUT2D eigenvalue weighted by Gasteiger charge is 2.00. The second-order valence-corrected chi connectivity index (χ2v) is 2.70. The fourth-order valence-corrected chi connectivity index (χ4v) is 0.892. The van der Waals surface area contributed by atoms with E-state index in [1.807, 2.05) is 10.9 Å². The van der Waals surface area contributed by atoms with Crippen LogP contribution in [0.5, 0.6) is 0 Å². The van der Waals surface area contributed by atoms with Crippen molar-refractivity contribution in [3.8, 4) is 0 Å². The lowest BCUT2D eigenvalue weighted by molar-refractivity contribution is -0.121. The van der Waals surface area contributed by atoms with Crippen molar-refractivity contribution in [1.29, 1.82) is 0 Å². The lowest BCUT2D eigenvalue weighted by Crippen LogP contribution is -2.30. The summed E-state index contributed by atoms with van der Waals surface area (Å²) in [5.41, 5.74) is 4.08. The molecule has 0 aliphatic carbocycles. The van der Waals surface area contributed by atoms with Gasteiger partial charge in [0.25, 0.3) is 0 Å². The molecule has 6 N–H and O–H groups in total. The van der Waals surface area contributed by atoms with E-state index in [-0.39, 0.29) is 11.8 Å². The van der Waals surface area contributed by atoms with Crippen LogP contribution in [-0.4, -0.2) is 11.8 Å². The van der Waals surface area contributed by atoms with Gasteiger partial charge in [0.05, 0.1) is 0 Å². The Kier molecular flexibility index (Phi) is 6.85. The maximum absolute atomic E-state index is 10.6. The first-order valence-electron chi connectivity index (χ1n) is 4.19. The van der Waals surface area contributed by atoms with E-state index in [2.05, 4.69) is 0 Å². The van der Waals surface area contributed by atoms with Gasteiger partial charge < -0.3 is 0 Å². The molecule has 0 aromatic carbocycles. The SMILES string of the molecule is NNC(=O)CCCCCC(=O)NN. The zero-order valence-electron chi connectivity index (χ0n) is 7.51. The first-order chi connectivity index (χ1) is 6.20. The Balaban J connectivity index is 3.17. The van der Waals surface area contributed by atoms with Crippen LogP contribution in [0, 0.1) is 0 Å². The fraction of sp³-hybridized carbons (Fsp3) is 0.714. The van der Waals surface area contributed by atoms with Gasteiger partial charge in [0, 0.05) is 12.8 Å². The van der Waals surface area contributed by atoms with Crippen molar-refractivity contribution in [2.45, 2.75) is 32.1 Å². The summed E-state index contributed by atoms with van der Waals surface area (Å²) in [4.78, 5) is 21.3. The molecule has 0 aliphatic rings. The molecule has 6 heteroatoms. The predicted molar refractivity (Wildman–Crippen MR) is 47.7 cm³/mol. The van der Waals surface area contributed by atoms with Crippen molar-refractivity contribution >= 4 is 11.8 Å². The number of nitrogens with one attached hydrogen (secondary N) is 2. The molecule has 76 valence electrons. The Morgan fingerprint density at radius 1 is 0.846 bits per heavy atom. The van der Waals surface area contributed by atoms with Gasteiger partial charge in [-0.3, -0.25) is 20.4 Å². The predicted octanol–water partition coefficient (Wildman–Crippen LogP) is -1.08. The van der Waals surface area contributed by atoms with Gasteiger partial charge in [-0.2, -0.15) is 0 Å². The molecule has 2 amide bonds. The molecule has 0 aromatic rings. The molecule has 6 nitrogen and oxygen atoms in total. The smallest absolute Gasteiger partial charge is 0.233 e. The largest absolute Gasteiger partial charge is 0.294 e. The fourth-order valence-electron chi connectivity index (χ4n) is 0.892. The van der Waals surface area contributed by atoms with Gasteiger partial charge in [-0.25, -0.2) is 11.7 Å². The standard InChI is InChI=1S/C7H16N4O2/c8-10-6(12)4-2-1-3-5-7(13)11-9/h1-5,8-9H2,(H,10,12)(H,11,13). The van der Waals surface area contributed by atoms with E-state index < -0.39 is 0 Å². The summed E-state index contributed by atoms with van der Waals surface area (Å²) in [6, 6.07) is 0. The van der Waals surface area contributed by atoms with Crippen LogP contribution in [0.15, 0.2) is 0 Å². The molecule has 0 aromatic heterocycles. The molecule has 0 saturated carbocycles. The number of carbonyl (C=O) groups excluding carboxylic acids is 2. The van der Waals surface area contributed by atoms with Crippen LogP contribution in [0.3, 0.4) is 0 Å². The van der Waals surface area contributed by atoms with Crippen LogP contribution in [0.4, 0.5) is 0 Å². The monoisotopic (exact) mass is 188 g/mol. The third-order valence-electron chi connectivity index (χ3n) is 1.63. The summed E-state index contributed by atoms with van der Waals surface area (Å²) < 4.78 is 0. The highest BCUT2D eigenvalue weighted by Crippen LogP contribution is 2.02. The normalized spacial score (nSPS) is 9.38. The van der Waals surface area contributed by atoms with Crippen molar-refractivity contribution in [3.63, 3.8) is 0 Å². The summed E-state index contributed by atoms with van der Waals surface area (Å²) in [6.07, 6.45) is 3.10. The van der Waals surface area contributed by atoms with Gasteiger partial charge in [-0.1, -0.05) is 6.42 Å². The first-order valence-corrected chi connectivity index (χ1v) is 4.19. The minimum atomic E-state index is -0.178. The second-order valence-electron chi connectivity index (χ2n) is 2.70. The van der Waals surface area contributed by atoms with Crippen molar-refractivity contribution < 1.29 is 9.59 Å². The average Bonchev–Trinajstić information content (AvgIpc) is 2.16. The van der Waals surface area contributed by atoms with Crippen molar-refractivity contribution in [2.24, 2.45) is 11.7 Å². The van der Waals surface area contributed by atoms with Crippen molar-refractivity contribution in [2.75, 3.05) is 0 Å². The highest BCUT2D eigenvalue weighted by atomic mass is 16.2. The van der Waals surface area contributed by atoms with Gasteiger partial charge in [-0.05, 0) is 12.8 Å². The van der Waals surface area contributed by atoms with Crippen LogP contribution in [0.25, 0.3) is 0 Å². The molecule has 0 bridgehead atoms. The van der Waals surface area contributed by atoms with Crippen LogP contribution < -0.4 is 22.5 Å². The van der Waals surface area contributed by atoms with Crippen molar-refractivity contribution in [1.82, 2.24) is 10.9 Å². The van der Waals surface area contributed by atoms with Gasteiger partial charge in [0.1, 0.15) is 0 Å². The van der Waals surface area contributed by atoms with E-state index in [0.29, 0.717) is 12.8 Å². The Morgan fingerprint density at radius 3 is 1.54 bits per heavy atom. The molecular formula is C7H16N4O2. The summed E-state index contributed by atoms with van der Waals surface area (Å²) >= 11 is 0. The van der Waals surface area contributed by atoms with Crippen LogP contribution in [-0.2, 0) is 9.59 Å². The summed E-state index contributed by atoms with van der Waals surface area (Å²) in [6.45, 7) is 0. The molecule has 0 spiro atoms. The highest BCUT2D eigenvalue weighted by molar-refractivity contribution is 5.75. The topological polar surface area (TPSA) is 110 Å². The molecule has 13 heavy (non-hydrogen) atoms. The van der Waals surface area contributed by atoms with Gasteiger partial charge in [0.15, 0.2) is 0 Å². The third kappa shape index (κ3) is 7.23. The molecule has 0 fully saturated rings. The number of rotatable bonds is 6. The van der Waals surface area contributed by atoms with Crippen LogP contribution in [0.1, 0.15) is 32.1 Å². The third-order valence-corrected chi connectivity index (χ3v) is 1.63. The first kappa shape index (κ1) is 11.9. The number of nitrogens with two attached hydrogens (primary N) is 2. The minimum Gasteiger partial charge on any atom is -0.294 e. The zero-order valence-corrected chi connectivity index (χ0v) is 7.51. The van der Waals surface area contributed by atoms with Crippen LogP contribution >= 0.6 is 0 Å². The maximum atomic E-state index is 10.6. The Morgan fingerprint density at radius 2 is 1.23 bits per heavy atom. The molecule has 0 unspecified atom stereocenters.